The van der Waals surface area contributed by atoms with Crippen LogP contribution in [-0.4, -0.2) is 5.91 Å². The fourth-order valence-corrected chi connectivity index (χ4v) is 1.79. The van der Waals surface area contributed by atoms with Crippen LogP contribution in [0.4, 0.5) is 0 Å². The zero-order valence-corrected chi connectivity index (χ0v) is 7.84. The molecule has 1 aromatic rings. The van der Waals surface area contributed by atoms with Gasteiger partial charge in [0.2, 0.25) is 5.91 Å². The van der Waals surface area contributed by atoms with Crippen LogP contribution >= 0.6 is 11.6 Å². The normalized spacial score (nSPS) is 21.6. The van der Waals surface area contributed by atoms with Gasteiger partial charge in [0.25, 0.3) is 0 Å². The summed E-state index contributed by atoms with van der Waals surface area (Å²) in [6.45, 7) is 0. The zero-order valence-electron chi connectivity index (χ0n) is 7.09. The van der Waals surface area contributed by atoms with Crippen molar-refractivity contribution < 1.29 is 4.79 Å². The molecule has 0 bridgehead atoms. The van der Waals surface area contributed by atoms with Gasteiger partial charge >= 0.3 is 0 Å². The van der Waals surface area contributed by atoms with E-state index in [-0.39, 0.29) is 11.9 Å². The molecule has 0 aromatic heterocycles. The Morgan fingerprint density at radius 3 is 2.92 bits per heavy atom. The smallest absolute Gasteiger partial charge is 0.220 e. The molecular weight excluding hydrogens is 186 g/mol. The molecule has 0 aliphatic carbocycles. The first kappa shape index (κ1) is 8.57. The highest BCUT2D eigenvalue weighted by Crippen LogP contribution is 2.25. The molecule has 3 heteroatoms. The second-order valence-electron chi connectivity index (χ2n) is 3.21. The lowest BCUT2D eigenvalue weighted by Gasteiger charge is -2.09. The number of nitrogens with one attached hydrogen (secondary N) is 1. The van der Waals surface area contributed by atoms with Crippen molar-refractivity contribution in [3.8, 4) is 0 Å². The van der Waals surface area contributed by atoms with Crippen molar-refractivity contribution in [2.24, 2.45) is 0 Å². The topological polar surface area (TPSA) is 29.1 Å². The van der Waals surface area contributed by atoms with E-state index in [0.717, 1.165) is 17.0 Å². The van der Waals surface area contributed by atoms with Gasteiger partial charge in [0.15, 0.2) is 0 Å². The van der Waals surface area contributed by atoms with Crippen molar-refractivity contribution >= 4 is 17.5 Å². The van der Waals surface area contributed by atoms with Crippen LogP contribution in [0.3, 0.4) is 0 Å². The van der Waals surface area contributed by atoms with Gasteiger partial charge in [-0.25, -0.2) is 0 Å². The molecule has 1 N–H and O–H groups in total. The molecule has 0 radical (unpaired) electrons. The third kappa shape index (κ3) is 1.83. The van der Waals surface area contributed by atoms with E-state index < -0.39 is 0 Å². The standard InChI is InChI=1S/C10H10ClNO/c11-8-3-1-2-7(6-8)9-4-5-10(13)12-9/h1-3,6,9H,4-5H2,(H,12,13). The molecule has 1 heterocycles. The number of carbonyl (C=O) groups excluding carboxylic acids is 1. The van der Waals surface area contributed by atoms with E-state index in [1.165, 1.54) is 0 Å². The third-order valence-electron chi connectivity index (χ3n) is 2.25. The maximum absolute atomic E-state index is 11.0. The van der Waals surface area contributed by atoms with Gasteiger partial charge in [0, 0.05) is 11.4 Å². The number of hydrogen-bond donors (Lipinski definition) is 1. The maximum atomic E-state index is 11.0. The summed E-state index contributed by atoms with van der Waals surface area (Å²) in [6.07, 6.45) is 1.50. The number of hydrogen-bond acceptors (Lipinski definition) is 1. The molecule has 0 saturated carbocycles. The van der Waals surface area contributed by atoms with Crippen LogP contribution in [0, 0.1) is 0 Å². The molecule has 0 spiro atoms. The first-order valence-electron chi connectivity index (χ1n) is 4.30. The molecule has 1 amide bonds. The highest BCUT2D eigenvalue weighted by molar-refractivity contribution is 6.30. The molecule has 2 rings (SSSR count). The van der Waals surface area contributed by atoms with Crippen molar-refractivity contribution in [3.63, 3.8) is 0 Å². The Hall–Kier alpha value is -1.02. The average molecular weight is 196 g/mol. The van der Waals surface area contributed by atoms with Gasteiger partial charge in [-0.1, -0.05) is 23.7 Å². The maximum Gasteiger partial charge on any atom is 0.220 e. The molecule has 1 fully saturated rings. The summed E-state index contributed by atoms with van der Waals surface area (Å²) in [5, 5.41) is 3.62. The molecule has 1 aliphatic rings. The monoisotopic (exact) mass is 195 g/mol. The second kappa shape index (κ2) is 3.38. The van der Waals surface area contributed by atoms with Crippen LogP contribution in [0.5, 0.6) is 0 Å². The number of carbonyl (C=O) groups is 1. The van der Waals surface area contributed by atoms with Gasteiger partial charge in [-0.15, -0.1) is 0 Å². The van der Waals surface area contributed by atoms with Crippen LogP contribution in [0.15, 0.2) is 24.3 Å². The fourth-order valence-electron chi connectivity index (χ4n) is 1.59. The van der Waals surface area contributed by atoms with Crippen molar-refractivity contribution in [3.05, 3.63) is 34.9 Å². The average Bonchev–Trinajstić information content (AvgIpc) is 2.52. The molecule has 1 aromatic carbocycles. The van der Waals surface area contributed by atoms with Gasteiger partial charge in [-0.05, 0) is 24.1 Å². The van der Waals surface area contributed by atoms with E-state index in [2.05, 4.69) is 5.32 Å². The van der Waals surface area contributed by atoms with Gasteiger partial charge in [-0.2, -0.15) is 0 Å². The summed E-state index contributed by atoms with van der Waals surface area (Å²) < 4.78 is 0. The first-order valence-corrected chi connectivity index (χ1v) is 4.68. The molecule has 1 unspecified atom stereocenters. The highest BCUT2D eigenvalue weighted by atomic mass is 35.5. The molecular formula is C10H10ClNO. The Bertz CT molecular complexity index is 337. The number of benzene rings is 1. The lowest BCUT2D eigenvalue weighted by molar-refractivity contribution is -0.119. The molecule has 1 atom stereocenters. The van der Waals surface area contributed by atoms with E-state index in [1.54, 1.807) is 0 Å². The lowest BCUT2D eigenvalue weighted by Crippen LogP contribution is -2.18. The lowest BCUT2D eigenvalue weighted by atomic mass is 10.1. The van der Waals surface area contributed by atoms with Crippen LogP contribution in [0.25, 0.3) is 0 Å². The Balaban J connectivity index is 2.21. The van der Waals surface area contributed by atoms with E-state index in [9.17, 15) is 4.79 Å². The van der Waals surface area contributed by atoms with Crippen LogP contribution in [0.1, 0.15) is 24.4 Å². The number of rotatable bonds is 1. The summed E-state index contributed by atoms with van der Waals surface area (Å²) in [6, 6.07) is 7.79. The van der Waals surface area contributed by atoms with Crippen molar-refractivity contribution in [1.29, 1.82) is 0 Å². The molecule has 2 nitrogen and oxygen atoms in total. The Morgan fingerprint density at radius 2 is 2.31 bits per heavy atom. The van der Waals surface area contributed by atoms with Crippen LogP contribution in [0.2, 0.25) is 5.02 Å². The summed E-state index contributed by atoms with van der Waals surface area (Å²) in [4.78, 5) is 11.0. The molecule has 13 heavy (non-hydrogen) atoms. The Labute approximate surface area is 81.9 Å². The Kier molecular flexibility index (Phi) is 2.23. The van der Waals surface area contributed by atoms with E-state index >= 15 is 0 Å². The fraction of sp³-hybridized carbons (Fsp3) is 0.300. The quantitative estimate of drug-likeness (QED) is 0.732. The van der Waals surface area contributed by atoms with E-state index in [4.69, 9.17) is 11.6 Å². The van der Waals surface area contributed by atoms with Gasteiger partial charge < -0.3 is 5.32 Å². The minimum atomic E-state index is 0.130. The largest absolute Gasteiger partial charge is 0.349 e. The van der Waals surface area contributed by atoms with Crippen LogP contribution in [-0.2, 0) is 4.79 Å². The minimum absolute atomic E-state index is 0.130. The van der Waals surface area contributed by atoms with Crippen molar-refractivity contribution in [1.82, 2.24) is 5.32 Å². The van der Waals surface area contributed by atoms with Crippen molar-refractivity contribution in [2.45, 2.75) is 18.9 Å². The third-order valence-corrected chi connectivity index (χ3v) is 2.48. The Morgan fingerprint density at radius 1 is 1.46 bits per heavy atom. The summed E-state index contributed by atoms with van der Waals surface area (Å²) in [5.41, 5.74) is 1.10. The summed E-state index contributed by atoms with van der Waals surface area (Å²) in [7, 11) is 0. The summed E-state index contributed by atoms with van der Waals surface area (Å²) >= 11 is 5.85. The SMILES string of the molecule is O=C1CCC(c2cccc(Cl)c2)N1. The molecule has 1 aliphatic heterocycles. The van der Waals surface area contributed by atoms with E-state index in [1.807, 2.05) is 24.3 Å². The highest BCUT2D eigenvalue weighted by Gasteiger charge is 2.21. The second-order valence-corrected chi connectivity index (χ2v) is 3.65. The first-order chi connectivity index (χ1) is 6.25. The number of halogens is 1. The zero-order chi connectivity index (χ0) is 9.26. The predicted molar refractivity (Wildman–Crippen MR) is 51.6 cm³/mol. The minimum Gasteiger partial charge on any atom is -0.349 e. The van der Waals surface area contributed by atoms with E-state index in [0.29, 0.717) is 6.42 Å². The molecule has 1 saturated heterocycles. The van der Waals surface area contributed by atoms with Crippen molar-refractivity contribution in [2.75, 3.05) is 0 Å². The number of amides is 1. The van der Waals surface area contributed by atoms with Gasteiger partial charge in [-0.3, -0.25) is 4.79 Å². The van der Waals surface area contributed by atoms with Crippen LogP contribution < -0.4 is 5.32 Å². The molecule has 68 valence electrons. The van der Waals surface area contributed by atoms with Gasteiger partial charge in [0.05, 0.1) is 6.04 Å². The summed E-state index contributed by atoms with van der Waals surface area (Å²) in [5.74, 6) is 0.130. The van der Waals surface area contributed by atoms with Gasteiger partial charge in [0.1, 0.15) is 0 Å². The predicted octanol–water partition coefficient (Wildman–Crippen LogP) is 2.29.